The van der Waals surface area contributed by atoms with Crippen LogP contribution >= 0.6 is 0 Å². The van der Waals surface area contributed by atoms with Crippen LogP contribution in [0.25, 0.3) is 0 Å². The molecule has 1 heterocycles. The van der Waals surface area contributed by atoms with Crippen LogP contribution in [0.3, 0.4) is 0 Å². The highest BCUT2D eigenvalue weighted by Crippen LogP contribution is 2.11. The molecule has 0 aromatic rings. The highest BCUT2D eigenvalue weighted by Gasteiger charge is 2.24. The van der Waals surface area contributed by atoms with E-state index in [0.29, 0.717) is 6.42 Å². The second kappa shape index (κ2) is 7.09. The zero-order valence-electron chi connectivity index (χ0n) is 11.2. The summed E-state index contributed by atoms with van der Waals surface area (Å²) in [4.78, 5) is 11.6. The van der Waals surface area contributed by atoms with E-state index < -0.39 is 9.84 Å². The van der Waals surface area contributed by atoms with E-state index in [9.17, 15) is 13.2 Å². The minimum atomic E-state index is -2.91. The van der Waals surface area contributed by atoms with Crippen LogP contribution in [0.1, 0.15) is 39.5 Å². The van der Waals surface area contributed by atoms with Crippen LogP contribution in [-0.2, 0) is 14.6 Å². The van der Waals surface area contributed by atoms with Gasteiger partial charge in [0.1, 0.15) is 0 Å². The number of amides is 1. The molecule has 0 radical (unpaired) electrons. The molecule has 1 saturated heterocycles. The standard InChI is InChI=1S/C12H24N2O3S/c1-3-5-10(2)14-12(15)8-13-11-6-4-7-18(16,17)9-11/h10-11,13H,3-9H2,1-2H3,(H,14,15). The summed E-state index contributed by atoms with van der Waals surface area (Å²) in [6.45, 7) is 4.26. The molecule has 106 valence electrons. The van der Waals surface area contributed by atoms with Crippen LogP contribution in [0.15, 0.2) is 0 Å². The van der Waals surface area contributed by atoms with Crippen molar-refractivity contribution in [3.05, 3.63) is 0 Å². The van der Waals surface area contributed by atoms with Gasteiger partial charge in [-0.1, -0.05) is 13.3 Å². The lowest BCUT2D eigenvalue weighted by molar-refractivity contribution is -0.121. The lowest BCUT2D eigenvalue weighted by atomic mass is 10.2. The summed E-state index contributed by atoms with van der Waals surface area (Å²) < 4.78 is 22.9. The molecule has 1 amide bonds. The Labute approximate surface area is 110 Å². The summed E-state index contributed by atoms with van der Waals surface area (Å²) in [6.07, 6.45) is 3.52. The third kappa shape index (κ3) is 5.82. The van der Waals surface area contributed by atoms with Gasteiger partial charge in [0.2, 0.25) is 5.91 Å². The van der Waals surface area contributed by atoms with Crippen molar-refractivity contribution in [1.29, 1.82) is 0 Å². The van der Waals surface area contributed by atoms with Gasteiger partial charge in [-0.05, 0) is 26.2 Å². The van der Waals surface area contributed by atoms with E-state index in [4.69, 9.17) is 0 Å². The number of hydrogen-bond donors (Lipinski definition) is 2. The smallest absolute Gasteiger partial charge is 0.234 e. The lowest BCUT2D eigenvalue weighted by Gasteiger charge is -2.23. The Morgan fingerprint density at radius 1 is 1.44 bits per heavy atom. The maximum absolute atomic E-state index is 11.6. The molecule has 2 unspecified atom stereocenters. The van der Waals surface area contributed by atoms with E-state index in [1.807, 2.05) is 6.92 Å². The molecule has 1 aliphatic rings. The first-order valence-corrected chi connectivity index (χ1v) is 8.48. The molecule has 0 saturated carbocycles. The summed E-state index contributed by atoms with van der Waals surface area (Å²) in [5.41, 5.74) is 0. The fourth-order valence-corrected chi connectivity index (χ4v) is 3.92. The molecule has 18 heavy (non-hydrogen) atoms. The van der Waals surface area contributed by atoms with E-state index in [-0.39, 0.29) is 36.0 Å². The zero-order valence-corrected chi connectivity index (χ0v) is 12.1. The highest BCUT2D eigenvalue weighted by molar-refractivity contribution is 7.91. The fraction of sp³-hybridized carbons (Fsp3) is 0.917. The fourth-order valence-electron chi connectivity index (χ4n) is 2.25. The summed E-state index contributed by atoms with van der Waals surface area (Å²) in [5, 5.41) is 5.92. The van der Waals surface area contributed by atoms with Gasteiger partial charge in [-0.25, -0.2) is 8.42 Å². The number of hydrogen-bond acceptors (Lipinski definition) is 4. The molecule has 2 N–H and O–H groups in total. The Morgan fingerprint density at radius 2 is 2.17 bits per heavy atom. The molecule has 5 nitrogen and oxygen atoms in total. The Kier molecular flexibility index (Phi) is 6.08. The molecular weight excluding hydrogens is 252 g/mol. The highest BCUT2D eigenvalue weighted by atomic mass is 32.2. The van der Waals surface area contributed by atoms with E-state index in [0.717, 1.165) is 19.3 Å². The first kappa shape index (κ1) is 15.4. The predicted molar refractivity (Wildman–Crippen MR) is 72.2 cm³/mol. The van der Waals surface area contributed by atoms with E-state index in [2.05, 4.69) is 17.6 Å². The molecule has 0 spiro atoms. The van der Waals surface area contributed by atoms with Crippen molar-refractivity contribution in [3.8, 4) is 0 Å². The largest absolute Gasteiger partial charge is 0.353 e. The Hall–Kier alpha value is -0.620. The van der Waals surface area contributed by atoms with Gasteiger partial charge in [-0.2, -0.15) is 0 Å². The molecule has 1 fully saturated rings. The van der Waals surface area contributed by atoms with Crippen molar-refractivity contribution < 1.29 is 13.2 Å². The van der Waals surface area contributed by atoms with Crippen LogP contribution < -0.4 is 10.6 Å². The lowest BCUT2D eigenvalue weighted by Crippen LogP contribution is -2.46. The molecule has 6 heteroatoms. The minimum Gasteiger partial charge on any atom is -0.353 e. The first-order valence-electron chi connectivity index (χ1n) is 6.66. The van der Waals surface area contributed by atoms with Gasteiger partial charge in [-0.15, -0.1) is 0 Å². The maximum Gasteiger partial charge on any atom is 0.234 e. The van der Waals surface area contributed by atoms with Gasteiger partial charge in [0.25, 0.3) is 0 Å². The second-order valence-electron chi connectivity index (χ2n) is 5.09. The van der Waals surface area contributed by atoms with Crippen LogP contribution in [0.2, 0.25) is 0 Å². The van der Waals surface area contributed by atoms with Gasteiger partial charge in [-0.3, -0.25) is 4.79 Å². The molecular formula is C12H24N2O3S. The summed E-state index contributed by atoms with van der Waals surface area (Å²) in [7, 11) is -2.91. The quantitative estimate of drug-likeness (QED) is 0.739. The second-order valence-corrected chi connectivity index (χ2v) is 7.32. The van der Waals surface area contributed by atoms with Crippen LogP contribution in [0.4, 0.5) is 0 Å². The van der Waals surface area contributed by atoms with Crippen molar-refractivity contribution in [2.45, 2.75) is 51.6 Å². The van der Waals surface area contributed by atoms with Gasteiger partial charge in [0, 0.05) is 12.1 Å². The predicted octanol–water partition coefficient (Wildman–Crippen LogP) is 0.458. The molecule has 1 aliphatic heterocycles. The average Bonchev–Trinajstić information content (AvgIpc) is 2.25. The Morgan fingerprint density at radius 3 is 2.78 bits per heavy atom. The number of sulfone groups is 1. The SMILES string of the molecule is CCCC(C)NC(=O)CNC1CCCS(=O)(=O)C1. The normalized spacial score (nSPS) is 24.4. The van der Waals surface area contributed by atoms with Crippen LogP contribution in [0, 0.1) is 0 Å². The molecule has 0 aromatic heterocycles. The monoisotopic (exact) mass is 276 g/mol. The number of rotatable bonds is 6. The number of carbonyl (C=O) groups excluding carboxylic acids is 1. The Balaban J connectivity index is 2.26. The third-order valence-corrected chi connectivity index (χ3v) is 4.96. The topological polar surface area (TPSA) is 75.3 Å². The van der Waals surface area contributed by atoms with Crippen LogP contribution in [-0.4, -0.2) is 44.5 Å². The van der Waals surface area contributed by atoms with Crippen molar-refractivity contribution in [3.63, 3.8) is 0 Å². The average molecular weight is 276 g/mol. The summed E-state index contributed by atoms with van der Waals surface area (Å²) in [6, 6.07) is 0.107. The van der Waals surface area contributed by atoms with Gasteiger partial charge >= 0.3 is 0 Å². The van der Waals surface area contributed by atoms with E-state index in [1.54, 1.807) is 0 Å². The summed E-state index contributed by atoms with van der Waals surface area (Å²) in [5.74, 6) is 0.384. The first-order chi connectivity index (χ1) is 8.43. The number of nitrogens with one attached hydrogen (secondary N) is 2. The number of carbonyl (C=O) groups is 1. The van der Waals surface area contributed by atoms with Crippen molar-refractivity contribution in [2.75, 3.05) is 18.1 Å². The van der Waals surface area contributed by atoms with Gasteiger partial charge in [0.05, 0.1) is 18.1 Å². The maximum atomic E-state index is 11.6. The van der Waals surface area contributed by atoms with Crippen molar-refractivity contribution >= 4 is 15.7 Å². The minimum absolute atomic E-state index is 0.0566. The van der Waals surface area contributed by atoms with Gasteiger partial charge in [0.15, 0.2) is 9.84 Å². The zero-order chi connectivity index (χ0) is 13.6. The van der Waals surface area contributed by atoms with Crippen molar-refractivity contribution in [1.82, 2.24) is 10.6 Å². The molecule has 1 rings (SSSR count). The third-order valence-electron chi connectivity index (χ3n) is 3.14. The molecule has 0 bridgehead atoms. The Bertz CT molecular complexity index is 368. The van der Waals surface area contributed by atoms with E-state index >= 15 is 0 Å². The van der Waals surface area contributed by atoms with Crippen LogP contribution in [0.5, 0.6) is 0 Å². The molecule has 0 aromatic carbocycles. The van der Waals surface area contributed by atoms with Gasteiger partial charge < -0.3 is 10.6 Å². The molecule has 0 aliphatic carbocycles. The van der Waals surface area contributed by atoms with E-state index in [1.165, 1.54) is 0 Å². The van der Waals surface area contributed by atoms with Crippen molar-refractivity contribution in [2.24, 2.45) is 0 Å². The summed E-state index contributed by atoms with van der Waals surface area (Å²) >= 11 is 0. The molecule has 2 atom stereocenters.